The van der Waals surface area contributed by atoms with Crippen molar-refractivity contribution in [3.05, 3.63) is 0 Å². The number of nitrogens with zero attached hydrogens (tertiary/aromatic N) is 1. The molecule has 1 atom stereocenters. The molecule has 1 fully saturated rings. The summed E-state index contributed by atoms with van der Waals surface area (Å²) in [5.41, 5.74) is 5.35. The highest BCUT2D eigenvalue weighted by molar-refractivity contribution is 5.75. The number of carboxylic acid groups (broad SMARTS) is 1. The molecule has 0 radical (unpaired) electrons. The van der Waals surface area contributed by atoms with E-state index in [0.717, 1.165) is 0 Å². The summed E-state index contributed by atoms with van der Waals surface area (Å²) in [5, 5.41) is 8.69. The highest BCUT2D eigenvalue weighted by Gasteiger charge is 2.25. The molecule has 6 heteroatoms. The number of esters is 1. The fourth-order valence-corrected chi connectivity index (χ4v) is 1.44. The van der Waals surface area contributed by atoms with Crippen LogP contribution in [0.4, 0.5) is 4.79 Å². The largest absolute Gasteiger partial charge is 0.465 e. The SMILES string of the molecule is CC(N)C(=O)OC1CCN(C(=O)O)CC1. The third-order valence-corrected chi connectivity index (χ3v) is 2.37. The number of piperidine rings is 1. The van der Waals surface area contributed by atoms with Gasteiger partial charge in [0.25, 0.3) is 0 Å². The van der Waals surface area contributed by atoms with E-state index in [9.17, 15) is 9.59 Å². The zero-order valence-corrected chi connectivity index (χ0v) is 8.68. The van der Waals surface area contributed by atoms with E-state index in [1.807, 2.05) is 0 Å². The summed E-state index contributed by atoms with van der Waals surface area (Å²) in [5.74, 6) is -0.427. The Kier molecular flexibility index (Phi) is 3.90. The van der Waals surface area contributed by atoms with Crippen LogP contribution < -0.4 is 5.73 Å². The van der Waals surface area contributed by atoms with Crippen molar-refractivity contribution in [3.63, 3.8) is 0 Å². The van der Waals surface area contributed by atoms with Gasteiger partial charge in [0.2, 0.25) is 0 Å². The minimum Gasteiger partial charge on any atom is -0.465 e. The first kappa shape index (κ1) is 11.8. The van der Waals surface area contributed by atoms with Crippen molar-refractivity contribution in [2.75, 3.05) is 13.1 Å². The second kappa shape index (κ2) is 4.97. The van der Waals surface area contributed by atoms with Crippen molar-refractivity contribution < 1.29 is 19.4 Å². The lowest BCUT2D eigenvalue weighted by Crippen LogP contribution is -2.42. The van der Waals surface area contributed by atoms with Crippen LogP contribution in [-0.4, -0.2) is 47.3 Å². The van der Waals surface area contributed by atoms with Crippen LogP contribution in [0.2, 0.25) is 0 Å². The molecule has 1 heterocycles. The lowest BCUT2D eigenvalue weighted by atomic mass is 10.1. The molecule has 0 aliphatic carbocycles. The number of ether oxygens (including phenoxy) is 1. The van der Waals surface area contributed by atoms with Gasteiger partial charge in [-0.25, -0.2) is 4.79 Å². The van der Waals surface area contributed by atoms with Gasteiger partial charge in [-0.1, -0.05) is 0 Å². The maximum atomic E-state index is 11.1. The van der Waals surface area contributed by atoms with Gasteiger partial charge in [0.05, 0.1) is 0 Å². The van der Waals surface area contributed by atoms with Crippen molar-refractivity contribution >= 4 is 12.1 Å². The van der Waals surface area contributed by atoms with E-state index in [1.165, 1.54) is 4.90 Å². The Morgan fingerprint density at radius 1 is 1.47 bits per heavy atom. The van der Waals surface area contributed by atoms with E-state index in [4.69, 9.17) is 15.6 Å². The van der Waals surface area contributed by atoms with Gasteiger partial charge >= 0.3 is 12.1 Å². The molecular formula is C9H16N2O4. The maximum absolute atomic E-state index is 11.1. The summed E-state index contributed by atoms with van der Waals surface area (Å²) in [4.78, 5) is 23.1. The number of hydrogen-bond acceptors (Lipinski definition) is 4. The van der Waals surface area contributed by atoms with Gasteiger partial charge in [-0.15, -0.1) is 0 Å². The van der Waals surface area contributed by atoms with Gasteiger partial charge in [-0.3, -0.25) is 4.79 Å². The zero-order chi connectivity index (χ0) is 11.4. The molecule has 0 saturated carbocycles. The minimum atomic E-state index is -0.924. The fourth-order valence-electron chi connectivity index (χ4n) is 1.44. The predicted octanol–water partition coefficient (Wildman–Crippen LogP) is 0.0192. The first-order chi connectivity index (χ1) is 7.00. The first-order valence-electron chi connectivity index (χ1n) is 4.94. The quantitative estimate of drug-likeness (QED) is 0.635. The van der Waals surface area contributed by atoms with Gasteiger partial charge < -0.3 is 20.5 Å². The van der Waals surface area contributed by atoms with Gasteiger partial charge in [-0.2, -0.15) is 0 Å². The molecule has 6 nitrogen and oxygen atoms in total. The molecule has 1 aliphatic heterocycles. The van der Waals surface area contributed by atoms with Crippen LogP contribution in [-0.2, 0) is 9.53 Å². The highest BCUT2D eigenvalue weighted by atomic mass is 16.5. The lowest BCUT2D eigenvalue weighted by Gasteiger charge is -2.29. The van der Waals surface area contributed by atoms with Crippen LogP contribution in [0.3, 0.4) is 0 Å². The molecular weight excluding hydrogens is 200 g/mol. The Morgan fingerprint density at radius 3 is 2.40 bits per heavy atom. The Bertz CT molecular complexity index is 246. The number of amides is 1. The van der Waals surface area contributed by atoms with E-state index in [-0.39, 0.29) is 6.10 Å². The van der Waals surface area contributed by atoms with E-state index in [2.05, 4.69) is 0 Å². The first-order valence-corrected chi connectivity index (χ1v) is 4.94. The van der Waals surface area contributed by atoms with Crippen LogP contribution in [0.1, 0.15) is 19.8 Å². The Balaban J connectivity index is 2.32. The van der Waals surface area contributed by atoms with Crippen LogP contribution in [0.25, 0.3) is 0 Å². The molecule has 86 valence electrons. The van der Waals surface area contributed by atoms with Crippen molar-refractivity contribution in [3.8, 4) is 0 Å². The van der Waals surface area contributed by atoms with Crippen molar-refractivity contribution in [1.29, 1.82) is 0 Å². The van der Waals surface area contributed by atoms with E-state index in [0.29, 0.717) is 25.9 Å². The van der Waals surface area contributed by atoms with Crippen LogP contribution in [0, 0.1) is 0 Å². The van der Waals surface area contributed by atoms with E-state index in [1.54, 1.807) is 6.92 Å². The summed E-state index contributed by atoms with van der Waals surface area (Å²) in [6, 6.07) is -0.623. The van der Waals surface area contributed by atoms with Gasteiger partial charge in [0.1, 0.15) is 12.1 Å². The molecule has 1 unspecified atom stereocenters. The molecule has 1 amide bonds. The van der Waals surface area contributed by atoms with Crippen LogP contribution in [0.5, 0.6) is 0 Å². The maximum Gasteiger partial charge on any atom is 0.407 e. The number of rotatable bonds is 2. The summed E-state index contributed by atoms with van der Waals surface area (Å²) < 4.78 is 5.10. The molecule has 0 aromatic carbocycles. The second-order valence-corrected chi connectivity index (χ2v) is 3.69. The molecule has 0 aromatic rings. The van der Waals surface area contributed by atoms with Crippen molar-refractivity contribution in [2.45, 2.75) is 31.9 Å². The summed E-state index contributed by atoms with van der Waals surface area (Å²) in [6.07, 6.45) is -0.0266. The number of nitrogens with two attached hydrogens (primary N) is 1. The average molecular weight is 216 g/mol. The summed E-state index contributed by atoms with van der Waals surface area (Å²) >= 11 is 0. The molecule has 15 heavy (non-hydrogen) atoms. The minimum absolute atomic E-state index is 0.195. The van der Waals surface area contributed by atoms with Crippen molar-refractivity contribution in [1.82, 2.24) is 4.90 Å². The molecule has 1 rings (SSSR count). The van der Waals surface area contributed by atoms with Crippen LogP contribution >= 0.6 is 0 Å². The third kappa shape index (κ3) is 3.39. The zero-order valence-electron chi connectivity index (χ0n) is 8.68. The van der Waals surface area contributed by atoms with Gasteiger partial charge in [-0.05, 0) is 6.92 Å². The topological polar surface area (TPSA) is 92.9 Å². The predicted molar refractivity (Wildman–Crippen MR) is 52.4 cm³/mol. The lowest BCUT2D eigenvalue weighted by molar-refractivity contribution is -0.152. The molecule has 0 spiro atoms. The number of likely N-dealkylation sites (tertiary alicyclic amines) is 1. The average Bonchev–Trinajstić information content (AvgIpc) is 2.18. The number of carbonyl (C=O) groups is 2. The molecule has 0 bridgehead atoms. The summed E-state index contributed by atoms with van der Waals surface area (Å²) in [7, 11) is 0. The second-order valence-electron chi connectivity index (χ2n) is 3.69. The smallest absolute Gasteiger partial charge is 0.407 e. The van der Waals surface area contributed by atoms with Gasteiger partial charge in [0, 0.05) is 25.9 Å². The molecule has 1 saturated heterocycles. The summed E-state index contributed by atoms with van der Waals surface area (Å²) in [6.45, 7) is 2.38. The molecule has 0 aromatic heterocycles. The fraction of sp³-hybridized carbons (Fsp3) is 0.778. The highest BCUT2D eigenvalue weighted by Crippen LogP contribution is 2.14. The van der Waals surface area contributed by atoms with Crippen LogP contribution in [0.15, 0.2) is 0 Å². The Morgan fingerprint density at radius 2 is 2.00 bits per heavy atom. The van der Waals surface area contributed by atoms with Gasteiger partial charge in [0.15, 0.2) is 0 Å². The van der Waals surface area contributed by atoms with E-state index >= 15 is 0 Å². The van der Waals surface area contributed by atoms with E-state index < -0.39 is 18.1 Å². The monoisotopic (exact) mass is 216 g/mol. The third-order valence-electron chi connectivity index (χ3n) is 2.37. The number of hydrogen-bond donors (Lipinski definition) is 2. The Hall–Kier alpha value is -1.30. The van der Waals surface area contributed by atoms with Crippen molar-refractivity contribution in [2.24, 2.45) is 5.73 Å². The molecule has 3 N–H and O–H groups in total. The normalized spacial score (nSPS) is 19.7. The Labute approximate surface area is 88.0 Å². The standard InChI is InChI=1S/C9H16N2O4/c1-6(10)8(12)15-7-2-4-11(5-3-7)9(13)14/h6-7H,2-5,10H2,1H3,(H,13,14). The number of carbonyl (C=O) groups excluding carboxylic acids is 1. The molecule has 1 aliphatic rings.